The molecule has 0 unspecified atom stereocenters. The molecule has 0 bridgehead atoms. The van der Waals surface area contributed by atoms with Crippen LogP contribution in [0.5, 0.6) is 0 Å². The first-order valence-corrected chi connectivity index (χ1v) is 8.82. The Bertz CT molecular complexity index is 896. The van der Waals surface area contributed by atoms with E-state index < -0.39 is 0 Å². The van der Waals surface area contributed by atoms with Gasteiger partial charge in [0.1, 0.15) is 5.69 Å². The number of hydrogen-bond acceptors (Lipinski definition) is 3. The average molecular weight is 359 g/mol. The largest absolute Gasteiger partial charge is 0.350 e. The molecule has 3 rings (SSSR count). The second-order valence-corrected chi connectivity index (χ2v) is 6.09. The zero-order valence-electron chi connectivity index (χ0n) is 14.9. The highest BCUT2D eigenvalue weighted by Gasteiger charge is 2.11. The molecule has 3 aromatic rings. The van der Waals surface area contributed by atoms with Gasteiger partial charge in [0.05, 0.1) is 0 Å². The number of nitrogens with one attached hydrogen (secondary N) is 2. The maximum Gasteiger partial charge on any atom is 0.269 e. The number of nitrogens with zero attached hydrogens (tertiary/aromatic N) is 1. The molecule has 2 amide bonds. The van der Waals surface area contributed by atoms with Crippen molar-refractivity contribution in [3.05, 3.63) is 101 Å². The van der Waals surface area contributed by atoms with Crippen LogP contribution in [0.2, 0.25) is 0 Å². The van der Waals surface area contributed by atoms with Crippen molar-refractivity contribution in [3.8, 4) is 0 Å². The lowest BCUT2D eigenvalue weighted by molar-refractivity contribution is 0.0949. The summed E-state index contributed by atoms with van der Waals surface area (Å²) in [6.45, 7) is 0.940. The van der Waals surface area contributed by atoms with Gasteiger partial charge in [-0.2, -0.15) is 0 Å². The quantitative estimate of drug-likeness (QED) is 0.681. The minimum Gasteiger partial charge on any atom is -0.350 e. The highest BCUT2D eigenvalue weighted by Crippen LogP contribution is 2.04. The van der Waals surface area contributed by atoms with E-state index in [-0.39, 0.29) is 17.5 Å². The van der Waals surface area contributed by atoms with E-state index in [1.165, 1.54) is 12.3 Å². The van der Waals surface area contributed by atoms with Crippen molar-refractivity contribution < 1.29 is 9.59 Å². The Balaban J connectivity index is 1.54. The van der Waals surface area contributed by atoms with Gasteiger partial charge in [0.2, 0.25) is 0 Å². The molecule has 136 valence electrons. The molecule has 0 aliphatic rings. The smallest absolute Gasteiger partial charge is 0.269 e. The predicted molar refractivity (Wildman–Crippen MR) is 104 cm³/mol. The maximum atomic E-state index is 12.3. The van der Waals surface area contributed by atoms with E-state index in [1.807, 2.05) is 60.7 Å². The van der Waals surface area contributed by atoms with E-state index in [0.717, 1.165) is 17.5 Å². The maximum absolute atomic E-state index is 12.3. The van der Waals surface area contributed by atoms with Crippen molar-refractivity contribution >= 4 is 11.8 Å². The molecule has 0 aliphatic carbocycles. The van der Waals surface area contributed by atoms with Crippen LogP contribution in [0.4, 0.5) is 0 Å². The first kappa shape index (κ1) is 18.3. The molecule has 1 heterocycles. The van der Waals surface area contributed by atoms with Crippen molar-refractivity contribution in [1.82, 2.24) is 15.6 Å². The molecule has 0 spiro atoms. The Morgan fingerprint density at radius 3 is 2.15 bits per heavy atom. The number of pyridine rings is 1. The number of carbonyl (C=O) groups is 2. The zero-order chi connectivity index (χ0) is 18.9. The molecule has 0 fully saturated rings. The van der Waals surface area contributed by atoms with Crippen LogP contribution in [0.25, 0.3) is 0 Å². The summed E-state index contributed by atoms with van der Waals surface area (Å²) in [4.78, 5) is 28.7. The lowest BCUT2D eigenvalue weighted by atomic mass is 10.1. The SMILES string of the molecule is O=C(NCc1ccccc1)c1ccnc(C(=O)NCCc2ccccc2)c1. The number of rotatable bonds is 7. The molecule has 5 heteroatoms. The summed E-state index contributed by atoms with van der Waals surface area (Å²) in [5.74, 6) is -0.525. The summed E-state index contributed by atoms with van der Waals surface area (Å²) in [6, 6.07) is 22.7. The number of amides is 2. The van der Waals surface area contributed by atoms with Crippen molar-refractivity contribution in [2.75, 3.05) is 6.54 Å². The highest BCUT2D eigenvalue weighted by molar-refractivity contribution is 5.98. The number of carbonyl (C=O) groups excluding carboxylic acids is 2. The molecule has 0 saturated carbocycles. The molecule has 0 radical (unpaired) electrons. The predicted octanol–water partition coefficient (Wildman–Crippen LogP) is 2.98. The number of aromatic nitrogens is 1. The number of hydrogen-bond donors (Lipinski definition) is 2. The molecule has 0 atom stereocenters. The summed E-state index contributed by atoms with van der Waals surface area (Å²) < 4.78 is 0. The van der Waals surface area contributed by atoms with Crippen molar-refractivity contribution in [2.24, 2.45) is 0 Å². The molecule has 1 aromatic heterocycles. The van der Waals surface area contributed by atoms with Crippen molar-refractivity contribution in [2.45, 2.75) is 13.0 Å². The van der Waals surface area contributed by atoms with E-state index in [4.69, 9.17) is 0 Å². The van der Waals surface area contributed by atoms with Crippen LogP contribution >= 0.6 is 0 Å². The van der Waals surface area contributed by atoms with Gasteiger partial charge in [-0.3, -0.25) is 14.6 Å². The lowest BCUT2D eigenvalue weighted by Crippen LogP contribution is -2.27. The van der Waals surface area contributed by atoms with E-state index >= 15 is 0 Å². The third-order valence-electron chi connectivity index (χ3n) is 4.09. The third-order valence-corrected chi connectivity index (χ3v) is 4.09. The zero-order valence-corrected chi connectivity index (χ0v) is 14.9. The van der Waals surface area contributed by atoms with Crippen molar-refractivity contribution in [1.29, 1.82) is 0 Å². The number of benzene rings is 2. The van der Waals surface area contributed by atoms with E-state index in [0.29, 0.717) is 18.7 Å². The van der Waals surface area contributed by atoms with Crippen molar-refractivity contribution in [3.63, 3.8) is 0 Å². The van der Waals surface area contributed by atoms with Gasteiger partial charge < -0.3 is 10.6 Å². The van der Waals surface area contributed by atoms with Gasteiger partial charge >= 0.3 is 0 Å². The normalized spacial score (nSPS) is 10.2. The van der Waals surface area contributed by atoms with Crippen LogP contribution in [-0.2, 0) is 13.0 Å². The summed E-state index contributed by atoms with van der Waals surface area (Å²) >= 11 is 0. The van der Waals surface area contributed by atoms with E-state index in [9.17, 15) is 9.59 Å². The Hall–Kier alpha value is -3.47. The van der Waals surface area contributed by atoms with Gasteiger partial charge in [0.15, 0.2) is 0 Å². The van der Waals surface area contributed by atoms with E-state index in [1.54, 1.807) is 6.07 Å². The van der Waals surface area contributed by atoms with Crippen LogP contribution in [0.15, 0.2) is 79.0 Å². The molecule has 2 N–H and O–H groups in total. The molecule has 5 nitrogen and oxygen atoms in total. The third kappa shape index (κ3) is 5.51. The monoisotopic (exact) mass is 359 g/mol. The van der Waals surface area contributed by atoms with Crippen LogP contribution in [0.1, 0.15) is 32.0 Å². The van der Waals surface area contributed by atoms with Gasteiger partial charge in [-0.1, -0.05) is 60.7 Å². The topological polar surface area (TPSA) is 71.1 Å². The minimum absolute atomic E-state index is 0.232. The molecule has 27 heavy (non-hydrogen) atoms. The Labute approximate surface area is 158 Å². The minimum atomic E-state index is -0.288. The second kappa shape index (κ2) is 9.29. The van der Waals surface area contributed by atoms with Crippen LogP contribution < -0.4 is 10.6 Å². The van der Waals surface area contributed by atoms with Gasteiger partial charge in [-0.25, -0.2) is 0 Å². The van der Waals surface area contributed by atoms with Gasteiger partial charge in [-0.15, -0.1) is 0 Å². The van der Waals surface area contributed by atoms with Gasteiger partial charge in [0, 0.05) is 24.8 Å². The summed E-state index contributed by atoms with van der Waals surface area (Å²) in [5.41, 5.74) is 2.81. The fourth-order valence-electron chi connectivity index (χ4n) is 2.63. The fraction of sp³-hybridized carbons (Fsp3) is 0.136. The molecule has 2 aromatic carbocycles. The average Bonchev–Trinajstić information content (AvgIpc) is 2.73. The Morgan fingerprint density at radius 1 is 0.778 bits per heavy atom. The van der Waals surface area contributed by atoms with Crippen LogP contribution in [-0.4, -0.2) is 23.3 Å². The molecule has 0 aliphatic heterocycles. The first-order valence-electron chi connectivity index (χ1n) is 8.82. The highest BCUT2D eigenvalue weighted by atomic mass is 16.2. The first-order chi connectivity index (χ1) is 13.2. The molecular weight excluding hydrogens is 338 g/mol. The second-order valence-electron chi connectivity index (χ2n) is 6.09. The lowest BCUT2D eigenvalue weighted by Gasteiger charge is -2.08. The van der Waals surface area contributed by atoms with E-state index in [2.05, 4.69) is 15.6 Å². The molecular formula is C22H21N3O2. The Kier molecular flexibility index (Phi) is 6.30. The fourth-order valence-corrected chi connectivity index (χ4v) is 2.63. The summed E-state index contributed by atoms with van der Waals surface area (Å²) in [6.07, 6.45) is 2.22. The van der Waals surface area contributed by atoms with Gasteiger partial charge in [-0.05, 0) is 29.7 Å². The van der Waals surface area contributed by atoms with Gasteiger partial charge in [0.25, 0.3) is 11.8 Å². The summed E-state index contributed by atoms with van der Waals surface area (Å²) in [5, 5.41) is 5.69. The summed E-state index contributed by atoms with van der Waals surface area (Å²) in [7, 11) is 0. The van der Waals surface area contributed by atoms with Crippen LogP contribution in [0.3, 0.4) is 0 Å². The Morgan fingerprint density at radius 2 is 1.44 bits per heavy atom. The molecule has 0 saturated heterocycles. The van der Waals surface area contributed by atoms with Crippen LogP contribution in [0, 0.1) is 0 Å². The standard InChI is InChI=1S/C22H21N3O2/c26-21(25-16-18-9-5-2-6-10-18)19-12-14-23-20(15-19)22(27)24-13-11-17-7-3-1-4-8-17/h1-10,12,14-15H,11,13,16H2,(H,24,27)(H,25,26).